The molecule has 4 rings (SSSR count). The van der Waals surface area contributed by atoms with Crippen LogP contribution in [0.1, 0.15) is 37.8 Å². The molecule has 1 aromatic carbocycles. The van der Waals surface area contributed by atoms with Crippen molar-refractivity contribution >= 4 is 47.5 Å². The van der Waals surface area contributed by atoms with Gasteiger partial charge in [-0.15, -0.1) is 0 Å². The summed E-state index contributed by atoms with van der Waals surface area (Å²) in [5, 5.41) is 21.8. The fourth-order valence-electron chi connectivity index (χ4n) is 5.07. The van der Waals surface area contributed by atoms with Crippen molar-refractivity contribution in [1.29, 1.82) is 0 Å². The van der Waals surface area contributed by atoms with Crippen LogP contribution in [0.4, 0.5) is 0 Å². The first-order chi connectivity index (χ1) is 17.6. The van der Waals surface area contributed by atoms with Crippen LogP contribution in [0.3, 0.4) is 0 Å². The number of allylic oxidation sites excluding steroid dienone is 1. The molecule has 4 atom stereocenters. The number of β-lactam (4-membered cyclic amide) rings is 1. The van der Waals surface area contributed by atoms with E-state index < -0.39 is 53.6 Å². The Morgan fingerprint density at radius 3 is 2.49 bits per heavy atom. The Labute approximate surface area is 216 Å². The predicted molar refractivity (Wildman–Crippen MR) is 127 cm³/mol. The smallest absolute Gasteiger partial charge is 0.353 e. The number of nitrogens with one attached hydrogen (secondary N) is 1. The third-order valence-corrected chi connectivity index (χ3v) is 7.34. The fraction of sp³-hybridized carbons (Fsp3) is 0.417. The van der Waals surface area contributed by atoms with Crippen molar-refractivity contribution in [2.24, 2.45) is 0 Å². The van der Waals surface area contributed by atoms with E-state index in [9.17, 15) is 39.0 Å². The molecule has 0 radical (unpaired) electrons. The molecule has 0 spiro atoms. The molecule has 4 amide bonds. The van der Waals surface area contributed by atoms with Crippen LogP contribution in [0.15, 0.2) is 35.0 Å². The molecule has 1 aromatic rings. The van der Waals surface area contributed by atoms with Crippen LogP contribution in [-0.2, 0) is 28.8 Å². The lowest BCUT2D eigenvalue weighted by Gasteiger charge is -2.50. The van der Waals surface area contributed by atoms with E-state index in [-0.39, 0.29) is 41.4 Å². The molecule has 37 heavy (non-hydrogen) atoms. The number of carboxylic acids is 1. The minimum absolute atomic E-state index is 0.0394. The highest BCUT2D eigenvalue weighted by atomic mass is 35.5. The first-order valence-electron chi connectivity index (χ1n) is 11.7. The summed E-state index contributed by atoms with van der Waals surface area (Å²) in [6.45, 7) is 2.25. The Bertz CT molecular complexity index is 1200. The van der Waals surface area contributed by atoms with Crippen LogP contribution in [0.2, 0.25) is 0 Å². The van der Waals surface area contributed by atoms with Gasteiger partial charge < -0.3 is 25.3 Å². The Balaban J connectivity index is 1.62. The summed E-state index contributed by atoms with van der Waals surface area (Å²) in [6.07, 6.45) is 0.951. The lowest BCUT2D eigenvalue weighted by molar-refractivity contribution is -0.158. The number of Topliss-reactive ketones (excluding diaryl/α,β-unsaturated/α-hetero) is 1. The van der Waals surface area contributed by atoms with Crippen molar-refractivity contribution in [3.8, 4) is 5.75 Å². The lowest BCUT2D eigenvalue weighted by Crippen LogP contribution is -2.72. The maximum absolute atomic E-state index is 13.6. The van der Waals surface area contributed by atoms with Gasteiger partial charge in [-0.3, -0.25) is 28.9 Å². The molecular formula is C24H25ClN4O8. The van der Waals surface area contributed by atoms with Gasteiger partial charge in [0.2, 0.25) is 18.1 Å². The van der Waals surface area contributed by atoms with E-state index in [0.29, 0.717) is 19.4 Å². The Morgan fingerprint density at radius 2 is 1.89 bits per heavy atom. The molecule has 0 bridgehead atoms. The largest absolute Gasteiger partial charge is 0.508 e. The maximum atomic E-state index is 13.6. The second-order valence-corrected chi connectivity index (χ2v) is 9.42. The highest BCUT2D eigenvalue weighted by Gasteiger charge is 2.54. The summed E-state index contributed by atoms with van der Waals surface area (Å²) in [5.41, 5.74) is -0.0909. The minimum atomic E-state index is -1.41. The highest BCUT2D eigenvalue weighted by molar-refractivity contribution is 6.38. The van der Waals surface area contributed by atoms with Crippen molar-refractivity contribution in [3.63, 3.8) is 0 Å². The number of carbonyl (C=O) groups is 6. The van der Waals surface area contributed by atoms with Crippen LogP contribution >= 0.6 is 11.6 Å². The molecule has 12 nitrogen and oxygen atoms in total. The molecule has 2 unspecified atom stereocenters. The Morgan fingerprint density at radius 1 is 1.22 bits per heavy atom. The van der Waals surface area contributed by atoms with E-state index in [1.165, 1.54) is 29.2 Å². The number of nitrogens with zero attached hydrogens (tertiary/aromatic N) is 3. The van der Waals surface area contributed by atoms with E-state index in [0.717, 1.165) is 9.80 Å². The van der Waals surface area contributed by atoms with Crippen LogP contribution in [-0.4, -0.2) is 92.0 Å². The van der Waals surface area contributed by atoms with Gasteiger partial charge in [0.1, 0.15) is 29.6 Å². The number of benzene rings is 1. The summed E-state index contributed by atoms with van der Waals surface area (Å²) in [7, 11) is 0. The van der Waals surface area contributed by atoms with E-state index in [1.807, 2.05) is 0 Å². The number of likely N-dealkylation sites (tertiary alicyclic amines) is 1. The van der Waals surface area contributed by atoms with Gasteiger partial charge in [0.15, 0.2) is 0 Å². The van der Waals surface area contributed by atoms with E-state index in [4.69, 9.17) is 11.6 Å². The number of hydrogen-bond donors (Lipinski definition) is 3. The van der Waals surface area contributed by atoms with Gasteiger partial charge in [0.25, 0.3) is 11.8 Å². The second-order valence-electron chi connectivity index (χ2n) is 8.96. The van der Waals surface area contributed by atoms with Gasteiger partial charge in [-0.25, -0.2) is 4.79 Å². The number of halogens is 1. The standard InChI is InChI=1S/C24H25ClN4O8/c1-2-27-10-9-16(20(32)23(27)35)28(11-30)18(12-3-5-13(31)6-4-12)21(33)26-17-15-8-7-14(25)19(24(36)37)29(15)22(17)34/h3-6,11,15-18,31H,2,7-10H2,1H3,(H,26,33)(H,36,37)/t15-,16?,17+,18?/m1/s1. The average Bonchev–Trinajstić information content (AvgIpc) is 2.88. The molecule has 13 heteroatoms. The van der Waals surface area contributed by atoms with Crippen molar-refractivity contribution in [3.05, 3.63) is 40.6 Å². The summed E-state index contributed by atoms with van der Waals surface area (Å²) in [4.78, 5) is 79.0. The number of aromatic hydroxyl groups is 1. The van der Waals surface area contributed by atoms with Crippen LogP contribution < -0.4 is 5.32 Å². The first kappa shape index (κ1) is 26.1. The Kier molecular flexibility index (Phi) is 7.21. The number of fused-ring (bicyclic) bond motifs is 1. The van der Waals surface area contributed by atoms with Gasteiger partial charge in [-0.05, 0) is 43.9 Å². The minimum Gasteiger partial charge on any atom is -0.508 e. The number of phenols is 1. The van der Waals surface area contributed by atoms with Crippen LogP contribution in [0, 0.1) is 0 Å². The van der Waals surface area contributed by atoms with Crippen LogP contribution in [0.25, 0.3) is 0 Å². The van der Waals surface area contributed by atoms with Gasteiger partial charge in [0.05, 0.1) is 6.04 Å². The molecule has 3 aliphatic heterocycles. The Hall–Kier alpha value is -3.93. The van der Waals surface area contributed by atoms with Crippen LogP contribution in [0.5, 0.6) is 5.75 Å². The number of piperidine rings is 1. The summed E-state index contributed by atoms with van der Waals surface area (Å²) < 4.78 is 0. The number of phenolic OH excluding ortho intramolecular Hbond substituents is 1. The van der Waals surface area contributed by atoms with E-state index >= 15 is 0 Å². The zero-order valence-corrected chi connectivity index (χ0v) is 20.6. The van der Waals surface area contributed by atoms with E-state index in [1.54, 1.807) is 6.92 Å². The monoisotopic (exact) mass is 532 g/mol. The molecule has 3 aliphatic rings. The number of amides is 4. The highest BCUT2D eigenvalue weighted by Crippen LogP contribution is 2.38. The zero-order chi connectivity index (χ0) is 27.0. The third kappa shape index (κ3) is 4.52. The van der Waals surface area contributed by atoms with Crippen molar-refractivity contribution in [2.45, 2.75) is 50.4 Å². The van der Waals surface area contributed by atoms with E-state index in [2.05, 4.69) is 5.32 Å². The van der Waals surface area contributed by atoms with Gasteiger partial charge in [0, 0.05) is 18.1 Å². The topological polar surface area (TPSA) is 165 Å². The summed E-state index contributed by atoms with van der Waals surface area (Å²) in [6, 6.07) is 1.06. The second kappa shape index (κ2) is 10.2. The predicted octanol–water partition coefficient (Wildman–Crippen LogP) is 0.106. The molecule has 3 N–H and O–H groups in total. The van der Waals surface area contributed by atoms with Gasteiger partial charge in [-0.1, -0.05) is 23.7 Å². The molecule has 196 valence electrons. The molecule has 3 heterocycles. The summed E-state index contributed by atoms with van der Waals surface area (Å²) in [5.74, 6) is -4.51. The molecule has 0 aromatic heterocycles. The molecule has 0 saturated carbocycles. The van der Waals surface area contributed by atoms with Crippen molar-refractivity contribution in [2.75, 3.05) is 13.1 Å². The number of likely N-dealkylation sites (N-methyl/N-ethyl adjacent to an activating group) is 1. The number of hydrogen-bond acceptors (Lipinski definition) is 7. The van der Waals surface area contributed by atoms with Crippen molar-refractivity contribution < 1.29 is 39.0 Å². The third-order valence-electron chi connectivity index (χ3n) is 6.97. The molecule has 2 saturated heterocycles. The number of rotatable bonds is 8. The first-order valence-corrected chi connectivity index (χ1v) is 12.1. The number of ketones is 1. The molecular weight excluding hydrogens is 508 g/mol. The van der Waals surface area contributed by atoms with Gasteiger partial charge >= 0.3 is 5.97 Å². The maximum Gasteiger partial charge on any atom is 0.353 e. The number of carboxylic acid groups (broad SMARTS) is 1. The van der Waals surface area contributed by atoms with Gasteiger partial charge in [-0.2, -0.15) is 0 Å². The normalized spacial score (nSPS) is 24.3. The fourth-order valence-corrected chi connectivity index (χ4v) is 5.36. The molecule has 2 fully saturated rings. The zero-order valence-electron chi connectivity index (χ0n) is 19.8. The summed E-state index contributed by atoms with van der Waals surface area (Å²) >= 11 is 6.02. The lowest BCUT2D eigenvalue weighted by atomic mass is 9.86. The quantitative estimate of drug-likeness (QED) is 0.241. The SMILES string of the molecule is CCN1CCC(N(C=O)C(C(=O)N[C@@H]2C(=O)N3C(C(=O)O)=C(Cl)CC[C@H]23)c2ccc(O)cc2)C(=O)C1=O. The van der Waals surface area contributed by atoms with Crippen molar-refractivity contribution in [1.82, 2.24) is 20.0 Å². The molecule has 0 aliphatic carbocycles. The number of aliphatic carboxylic acids is 1. The number of carbonyl (C=O) groups excluding carboxylic acids is 5. The average molecular weight is 533 g/mol.